The first-order chi connectivity index (χ1) is 11.7. The third kappa shape index (κ3) is 2.81. The van der Waals surface area contributed by atoms with E-state index in [1.54, 1.807) is 22.2 Å². The second-order valence-electron chi connectivity index (χ2n) is 5.46. The molecule has 4 aromatic rings. The maximum Gasteiger partial charge on any atom is 0.126 e. The van der Waals surface area contributed by atoms with Gasteiger partial charge in [-0.2, -0.15) is 5.10 Å². The highest BCUT2D eigenvalue weighted by atomic mass is 32.1. The predicted octanol–water partition coefficient (Wildman–Crippen LogP) is 3.38. The number of aryl methyl sites for hydroxylation is 1. The maximum absolute atomic E-state index is 5.98. The Kier molecular flexibility index (Phi) is 3.62. The van der Waals surface area contributed by atoms with Crippen molar-refractivity contribution in [3.8, 4) is 5.69 Å². The molecule has 3 N–H and O–H groups in total. The first-order valence-corrected chi connectivity index (χ1v) is 8.42. The third-order valence-electron chi connectivity index (χ3n) is 3.71. The fourth-order valence-corrected chi connectivity index (χ4v) is 3.24. The van der Waals surface area contributed by atoms with Crippen LogP contribution >= 0.6 is 11.3 Å². The van der Waals surface area contributed by atoms with E-state index in [4.69, 9.17) is 5.73 Å². The summed E-state index contributed by atoms with van der Waals surface area (Å²) in [7, 11) is 0. The summed E-state index contributed by atoms with van der Waals surface area (Å²) in [4.78, 5) is 8.92. The number of nitrogens with one attached hydrogen (secondary N) is 1. The van der Waals surface area contributed by atoms with Crippen LogP contribution in [0.1, 0.15) is 10.7 Å². The summed E-state index contributed by atoms with van der Waals surface area (Å²) in [6.07, 6.45) is 3.65. The lowest BCUT2D eigenvalue weighted by molar-refractivity contribution is 0.882. The Morgan fingerprint density at radius 1 is 1.25 bits per heavy atom. The van der Waals surface area contributed by atoms with Crippen LogP contribution in [0.2, 0.25) is 0 Å². The summed E-state index contributed by atoms with van der Waals surface area (Å²) in [5, 5.41) is 11.8. The van der Waals surface area contributed by atoms with Gasteiger partial charge < -0.3 is 11.1 Å². The van der Waals surface area contributed by atoms with Gasteiger partial charge in [-0.3, -0.25) is 0 Å². The zero-order valence-corrected chi connectivity index (χ0v) is 13.9. The van der Waals surface area contributed by atoms with E-state index < -0.39 is 0 Å². The Morgan fingerprint density at radius 2 is 2.17 bits per heavy atom. The highest BCUT2D eigenvalue weighted by Crippen LogP contribution is 2.27. The van der Waals surface area contributed by atoms with Crippen LogP contribution in [0.5, 0.6) is 0 Å². The molecule has 0 spiro atoms. The van der Waals surface area contributed by atoms with Gasteiger partial charge in [-0.25, -0.2) is 14.6 Å². The molecule has 0 atom stereocenters. The summed E-state index contributed by atoms with van der Waals surface area (Å²) in [6, 6.07) is 9.78. The van der Waals surface area contributed by atoms with Crippen LogP contribution in [-0.2, 0) is 6.54 Å². The van der Waals surface area contributed by atoms with E-state index in [2.05, 4.69) is 25.8 Å². The molecule has 6 nitrogen and oxygen atoms in total. The van der Waals surface area contributed by atoms with Crippen LogP contribution in [0, 0.1) is 6.92 Å². The van der Waals surface area contributed by atoms with Gasteiger partial charge in [0.25, 0.3) is 0 Å². The number of thiazole rings is 1. The lowest BCUT2D eigenvalue weighted by Gasteiger charge is -2.11. The summed E-state index contributed by atoms with van der Waals surface area (Å²) in [6.45, 7) is 2.66. The second-order valence-corrected chi connectivity index (χ2v) is 6.52. The van der Waals surface area contributed by atoms with Crippen LogP contribution in [0.4, 0.5) is 11.5 Å². The lowest BCUT2D eigenvalue weighted by atomic mass is 10.1. The number of nitrogens with zero attached hydrogens (tertiary/aromatic N) is 4. The maximum atomic E-state index is 5.98. The van der Waals surface area contributed by atoms with Gasteiger partial charge in [-0.05, 0) is 31.2 Å². The summed E-state index contributed by atoms with van der Waals surface area (Å²) in [5.74, 6) is 0.483. The van der Waals surface area contributed by atoms with E-state index in [-0.39, 0.29) is 0 Å². The molecule has 0 aliphatic heterocycles. The number of hydrogen-bond donors (Lipinski definition) is 2. The van der Waals surface area contributed by atoms with Crippen molar-refractivity contribution >= 4 is 33.7 Å². The molecule has 0 amide bonds. The number of fused-ring (bicyclic) bond motifs is 1. The standard InChI is InChI=1S/C17H16N6S/c1-11-21-12(10-24-11)9-19-15-8-17(18)22-16-7-13(3-4-14(15)16)23-6-2-5-20-23/h2-8,10H,9H2,1H3,(H3,18,19,22). The van der Waals surface area contributed by atoms with Gasteiger partial charge in [0.1, 0.15) is 5.82 Å². The van der Waals surface area contributed by atoms with Crippen LogP contribution in [-0.4, -0.2) is 19.7 Å². The number of rotatable bonds is 4. The Balaban J connectivity index is 1.70. The molecule has 0 radical (unpaired) electrons. The molecule has 7 heteroatoms. The van der Waals surface area contributed by atoms with Crippen molar-refractivity contribution in [2.45, 2.75) is 13.5 Å². The molecule has 0 saturated heterocycles. The molecule has 0 bridgehead atoms. The number of nitrogens with two attached hydrogens (primary N) is 1. The van der Waals surface area contributed by atoms with E-state index >= 15 is 0 Å². The fourth-order valence-electron chi connectivity index (χ4n) is 2.62. The average molecular weight is 336 g/mol. The largest absolute Gasteiger partial charge is 0.384 e. The summed E-state index contributed by atoms with van der Waals surface area (Å²) in [5.41, 5.74) is 9.74. The van der Waals surface area contributed by atoms with Crippen LogP contribution in [0.3, 0.4) is 0 Å². The fraction of sp³-hybridized carbons (Fsp3) is 0.118. The van der Waals surface area contributed by atoms with E-state index in [0.29, 0.717) is 12.4 Å². The van der Waals surface area contributed by atoms with Gasteiger partial charge >= 0.3 is 0 Å². The van der Waals surface area contributed by atoms with Crippen LogP contribution < -0.4 is 11.1 Å². The van der Waals surface area contributed by atoms with Crippen molar-refractivity contribution in [1.82, 2.24) is 19.7 Å². The number of pyridine rings is 1. The topological polar surface area (TPSA) is 81.6 Å². The van der Waals surface area contributed by atoms with E-state index in [1.165, 1.54) is 0 Å². The molecule has 1 aromatic carbocycles. The molecule has 0 aliphatic rings. The normalized spacial score (nSPS) is 11.0. The first-order valence-electron chi connectivity index (χ1n) is 7.54. The molecule has 0 aliphatic carbocycles. The molecule has 24 heavy (non-hydrogen) atoms. The Labute approximate surface area is 143 Å². The average Bonchev–Trinajstić information content (AvgIpc) is 3.23. The van der Waals surface area contributed by atoms with Crippen LogP contribution in [0.25, 0.3) is 16.6 Å². The smallest absolute Gasteiger partial charge is 0.126 e. The SMILES string of the molecule is Cc1nc(CNc2cc(N)nc3cc(-n4cccn4)ccc23)cs1. The molecule has 0 saturated carbocycles. The van der Waals surface area contributed by atoms with Crippen molar-refractivity contribution in [3.05, 3.63) is 58.8 Å². The number of hydrogen-bond acceptors (Lipinski definition) is 6. The summed E-state index contributed by atoms with van der Waals surface area (Å²) >= 11 is 1.65. The zero-order chi connectivity index (χ0) is 16.5. The minimum absolute atomic E-state index is 0.483. The van der Waals surface area contributed by atoms with E-state index in [1.807, 2.05) is 43.5 Å². The molecule has 0 fully saturated rings. The van der Waals surface area contributed by atoms with Gasteiger partial charge in [0.2, 0.25) is 0 Å². The number of nitrogen functional groups attached to an aromatic ring is 1. The van der Waals surface area contributed by atoms with Gasteiger partial charge in [0.15, 0.2) is 0 Å². The Morgan fingerprint density at radius 3 is 2.92 bits per heavy atom. The van der Waals surface area contributed by atoms with Gasteiger partial charge in [-0.15, -0.1) is 11.3 Å². The second kappa shape index (κ2) is 5.93. The van der Waals surface area contributed by atoms with Crippen molar-refractivity contribution in [1.29, 1.82) is 0 Å². The number of aromatic nitrogens is 4. The highest BCUT2D eigenvalue weighted by Gasteiger charge is 2.07. The van der Waals surface area contributed by atoms with Crippen molar-refractivity contribution in [2.24, 2.45) is 0 Å². The molecular weight excluding hydrogens is 320 g/mol. The number of benzene rings is 1. The highest BCUT2D eigenvalue weighted by molar-refractivity contribution is 7.09. The quantitative estimate of drug-likeness (QED) is 0.597. The predicted molar refractivity (Wildman–Crippen MR) is 97.5 cm³/mol. The lowest BCUT2D eigenvalue weighted by Crippen LogP contribution is -2.03. The van der Waals surface area contributed by atoms with Crippen molar-refractivity contribution < 1.29 is 0 Å². The van der Waals surface area contributed by atoms with Crippen molar-refractivity contribution in [3.63, 3.8) is 0 Å². The summed E-state index contributed by atoms with van der Waals surface area (Å²) < 4.78 is 1.80. The Hall–Kier alpha value is -2.93. The van der Waals surface area contributed by atoms with E-state index in [0.717, 1.165) is 33.0 Å². The Bertz CT molecular complexity index is 990. The minimum atomic E-state index is 0.483. The van der Waals surface area contributed by atoms with Crippen LogP contribution in [0.15, 0.2) is 48.1 Å². The molecule has 120 valence electrons. The van der Waals surface area contributed by atoms with E-state index in [9.17, 15) is 0 Å². The molecule has 4 rings (SSSR count). The molecule has 0 unspecified atom stereocenters. The van der Waals surface area contributed by atoms with Gasteiger partial charge in [0, 0.05) is 34.9 Å². The third-order valence-corrected chi connectivity index (χ3v) is 4.53. The molecular formula is C17H16N6S. The van der Waals surface area contributed by atoms with Gasteiger partial charge in [0.05, 0.1) is 28.5 Å². The monoisotopic (exact) mass is 336 g/mol. The first kappa shape index (κ1) is 14.6. The number of anilines is 2. The molecule has 3 aromatic heterocycles. The minimum Gasteiger partial charge on any atom is -0.384 e. The molecule has 3 heterocycles. The van der Waals surface area contributed by atoms with Gasteiger partial charge in [-0.1, -0.05) is 0 Å². The van der Waals surface area contributed by atoms with Crippen molar-refractivity contribution in [2.75, 3.05) is 11.1 Å². The zero-order valence-electron chi connectivity index (χ0n) is 13.1.